The van der Waals surface area contributed by atoms with Gasteiger partial charge < -0.3 is 25.0 Å². The summed E-state index contributed by atoms with van der Waals surface area (Å²) in [5.41, 5.74) is 0.825. The summed E-state index contributed by atoms with van der Waals surface area (Å²) in [4.78, 5) is 10.1. The highest BCUT2D eigenvalue weighted by Gasteiger charge is 2.46. The maximum Gasteiger partial charge on any atom is 0.162 e. The summed E-state index contributed by atoms with van der Waals surface area (Å²) in [5, 5.41) is 28.9. The van der Waals surface area contributed by atoms with E-state index in [0.717, 1.165) is 5.56 Å². The molecule has 3 heterocycles. The van der Waals surface area contributed by atoms with Crippen LogP contribution in [0.15, 0.2) is 23.3 Å². The van der Waals surface area contributed by atoms with Crippen molar-refractivity contribution >= 4 is 12.0 Å². The van der Waals surface area contributed by atoms with Gasteiger partial charge in [0.05, 0.1) is 6.61 Å². The number of rotatable bonds is 2. The number of aliphatic imine (C=N–C) groups is 1. The Morgan fingerprint density at radius 1 is 1.37 bits per heavy atom. The standard InChI is InChI=1S/C12H15N3O4/c16-5-8-9(17)10(18)12(19-8)15-6-13-4-7-2-1-3-14-11(7)15/h1-4,8-10,12,16-18H,5-6H2/t8-,9-,10-,12?/m1/s1. The van der Waals surface area contributed by atoms with Crippen LogP contribution in [0.3, 0.4) is 0 Å². The van der Waals surface area contributed by atoms with Crippen LogP contribution in [-0.4, -0.2) is 64.3 Å². The lowest BCUT2D eigenvalue weighted by Gasteiger charge is -2.32. The molecule has 19 heavy (non-hydrogen) atoms. The lowest BCUT2D eigenvalue weighted by atomic mass is 10.1. The average molecular weight is 265 g/mol. The van der Waals surface area contributed by atoms with Gasteiger partial charge in [-0.15, -0.1) is 0 Å². The highest BCUT2D eigenvalue weighted by Crippen LogP contribution is 2.29. The highest BCUT2D eigenvalue weighted by atomic mass is 16.6. The van der Waals surface area contributed by atoms with E-state index >= 15 is 0 Å². The van der Waals surface area contributed by atoms with Crippen molar-refractivity contribution in [2.24, 2.45) is 4.99 Å². The van der Waals surface area contributed by atoms with Crippen molar-refractivity contribution in [3.8, 4) is 0 Å². The van der Waals surface area contributed by atoms with Crippen LogP contribution in [0.4, 0.5) is 5.82 Å². The van der Waals surface area contributed by atoms with E-state index in [2.05, 4.69) is 9.98 Å². The SMILES string of the molecule is OC[C@H]1OC(N2CN=Cc3cccnc32)[C@H](O)[C@@H]1O. The molecule has 0 bridgehead atoms. The zero-order chi connectivity index (χ0) is 13.4. The van der Waals surface area contributed by atoms with Crippen molar-refractivity contribution in [1.82, 2.24) is 4.98 Å². The second-order valence-electron chi connectivity index (χ2n) is 4.57. The van der Waals surface area contributed by atoms with Crippen LogP contribution in [0.2, 0.25) is 0 Å². The number of aliphatic hydroxyl groups is 3. The van der Waals surface area contributed by atoms with Crippen LogP contribution >= 0.6 is 0 Å². The second-order valence-corrected chi connectivity index (χ2v) is 4.57. The molecule has 1 unspecified atom stereocenters. The fraction of sp³-hybridized carbons (Fsp3) is 0.500. The van der Waals surface area contributed by atoms with Gasteiger partial charge in [-0.3, -0.25) is 4.99 Å². The van der Waals surface area contributed by atoms with Gasteiger partial charge in [0.1, 0.15) is 30.8 Å². The minimum Gasteiger partial charge on any atom is -0.394 e. The number of hydrogen-bond acceptors (Lipinski definition) is 7. The maximum absolute atomic E-state index is 10.0. The highest BCUT2D eigenvalue weighted by molar-refractivity contribution is 5.88. The second kappa shape index (κ2) is 4.86. The van der Waals surface area contributed by atoms with Gasteiger partial charge >= 0.3 is 0 Å². The first-order valence-electron chi connectivity index (χ1n) is 6.06. The largest absolute Gasteiger partial charge is 0.394 e. The maximum atomic E-state index is 10.0. The molecule has 3 N–H and O–H groups in total. The predicted octanol–water partition coefficient (Wildman–Crippen LogP) is -1.28. The van der Waals surface area contributed by atoms with Crippen LogP contribution in [0.1, 0.15) is 5.56 Å². The van der Waals surface area contributed by atoms with Crippen LogP contribution in [-0.2, 0) is 4.74 Å². The fourth-order valence-corrected chi connectivity index (χ4v) is 2.38. The van der Waals surface area contributed by atoms with Crippen molar-refractivity contribution in [3.63, 3.8) is 0 Å². The van der Waals surface area contributed by atoms with Crippen molar-refractivity contribution < 1.29 is 20.1 Å². The summed E-state index contributed by atoms with van der Waals surface area (Å²) in [6, 6.07) is 3.66. The lowest BCUT2D eigenvalue weighted by molar-refractivity contribution is -0.0226. The van der Waals surface area contributed by atoms with Crippen LogP contribution in [0.5, 0.6) is 0 Å². The van der Waals surface area contributed by atoms with Gasteiger partial charge in [-0.05, 0) is 12.1 Å². The Kier molecular flexibility index (Phi) is 3.19. The molecule has 4 atom stereocenters. The van der Waals surface area contributed by atoms with E-state index in [-0.39, 0.29) is 13.3 Å². The molecule has 102 valence electrons. The van der Waals surface area contributed by atoms with E-state index in [4.69, 9.17) is 9.84 Å². The van der Waals surface area contributed by atoms with E-state index in [1.165, 1.54) is 0 Å². The topological polar surface area (TPSA) is 98.4 Å². The number of aliphatic hydroxyl groups excluding tert-OH is 3. The first-order valence-corrected chi connectivity index (χ1v) is 6.06. The first kappa shape index (κ1) is 12.5. The average Bonchev–Trinajstić information content (AvgIpc) is 2.74. The Hall–Kier alpha value is -1.54. The smallest absolute Gasteiger partial charge is 0.162 e. The zero-order valence-corrected chi connectivity index (χ0v) is 10.1. The van der Waals surface area contributed by atoms with E-state index in [0.29, 0.717) is 5.82 Å². The van der Waals surface area contributed by atoms with Gasteiger partial charge in [0.25, 0.3) is 0 Å². The number of pyridine rings is 1. The predicted molar refractivity (Wildman–Crippen MR) is 66.9 cm³/mol. The third-order valence-electron chi connectivity index (χ3n) is 3.38. The Labute approximate surface area is 109 Å². The summed E-state index contributed by atoms with van der Waals surface area (Å²) < 4.78 is 5.49. The molecule has 0 radical (unpaired) electrons. The first-order chi connectivity index (χ1) is 9.22. The van der Waals surface area contributed by atoms with Crippen LogP contribution in [0.25, 0.3) is 0 Å². The molecular weight excluding hydrogens is 250 g/mol. The molecule has 0 aromatic carbocycles. The molecule has 3 rings (SSSR count). The molecule has 2 aliphatic rings. The Morgan fingerprint density at radius 2 is 2.21 bits per heavy atom. The third kappa shape index (κ3) is 2.00. The third-order valence-corrected chi connectivity index (χ3v) is 3.38. The van der Waals surface area contributed by atoms with Crippen molar-refractivity contribution in [1.29, 1.82) is 0 Å². The summed E-state index contributed by atoms with van der Waals surface area (Å²) in [6.45, 7) is -0.0580. The Morgan fingerprint density at radius 3 is 2.95 bits per heavy atom. The summed E-state index contributed by atoms with van der Waals surface area (Å²) >= 11 is 0. The molecule has 1 fully saturated rings. The molecule has 7 nitrogen and oxygen atoms in total. The molecule has 1 saturated heterocycles. The summed E-state index contributed by atoms with van der Waals surface area (Å²) in [7, 11) is 0. The number of nitrogens with zero attached hydrogens (tertiary/aromatic N) is 3. The Balaban J connectivity index is 1.90. The van der Waals surface area contributed by atoms with Gasteiger partial charge in [0, 0.05) is 18.0 Å². The quantitative estimate of drug-likeness (QED) is 0.616. The minimum atomic E-state index is -1.12. The van der Waals surface area contributed by atoms with Crippen LogP contribution in [0, 0.1) is 0 Å². The van der Waals surface area contributed by atoms with Crippen molar-refractivity contribution in [3.05, 3.63) is 23.9 Å². The number of hydrogen-bond donors (Lipinski definition) is 3. The lowest BCUT2D eigenvalue weighted by Crippen LogP contribution is -2.46. The van der Waals surface area contributed by atoms with E-state index in [9.17, 15) is 10.2 Å². The molecular formula is C12H15N3O4. The van der Waals surface area contributed by atoms with E-state index in [1.54, 1.807) is 23.4 Å². The Bertz CT molecular complexity index is 496. The van der Waals surface area contributed by atoms with Crippen molar-refractivity contribution in [2.75, 3.05) is 18.2 Å². The molecule has 1 aromatic heterocycles. The van der Waals surface area contributed by atoms with Crippen molar-refractivity contribution in [2.45, 2.75) is 24.5 Å². The molecule has 7 heteroatoms. The summed E-state index contributed by atoms with van der Waals surface area (Å²) in [6.07, 6.45) is -0.434. The number of aromatic nitrogens is 1. The number of fused-ring (bicyclic) bond motifs is 1. The molecule has 0 aliphatic carbocycles. The molecule has 0 amide bonds. The normalized spacial score (nSPS) is 33.5. The molecule has 1 aromatic rings. The zero-order valence-electron chi connectivity index (χ0n) is 10.1. The molecule has 0 saturated carbocycles. The monoisotopic (exact) mass is 265 g/mol. The summed E-state index contributed by atoms with van der Waals surface area (Å²) in [5.74, 6) is 0.646. The molecule has 2 aliphatic heterocycles. The van der Waals surface area contributed by atoms with E-state index < -0.39 is 24.5 Å². The van der Waals surface area contributed by atoms with E-state index in [1.807, 2.05) is 6.07 Å². The van der Waals surface area contributed by atoms with Gasteiger partial charge in [-0.2, -0.15) is 0 Å². The van der Waals surface area contributed by atoms with Gasteiger partial charge in [-0.25, -0.2) is 4.98 Å². The van der Waals surface area contributed by atoms with Gasteiger partial charge in [0.15, 0.2) is 6.23 Å². The fourth-order valence-electron chi connectivity index (χ4n) is 2.38. The minimum absolute atomic E-state index is 0.288. The van der Waals surface area contributed by atoms with Gasteiger partial charge in [0.2, 0.25) is 0 Å². The molecule has 0 spiro atoms. The van der Waals surface area contributed by atoms with Gasteiger partial charge in [-0.1, -0.05) is 0 Å². The van der Waals surface area contributed by atoms with Crippen LogP contribution < -0.4 is 4.90 Å². The number of ether oxygens (including phenoxy) is 1. The number of anilines is 1.